The highest BCUT2D eigenvalue weighted by molar-refractivity contribution is 5.78. The largest absolute Gasteiger partial charge is 0.444 e. The van der Waals surface area contributed by atoms with E-state index >= 15 is 0 Å². The van der Waals surface area contributed by atoms with E-state index in [0.717, 1.165) is 0 Å². The van der Waals surface area contributed by atoms with Crippen LogP contribution in [0.25, 0.3) is 0 Å². The lowest BCUT2D eigenvalue weighted by Gasteiger charge is -2.19. The summed E-state index contributed by atoms with van der Waals surface area (Å²) in [6, 6.07) is 0.198. The van der Waals surface area contributed by atoms with Gasteiger partial charge in [-0.2, -0.15) is 0 Å². The van der Waals surface area contributed by atoms with E-state index in [0.29, 0.717) is 0 Å². The molecule has 0 aliphatic heterocycles. The second-order valence-corrected chi connectivity index (χ2v) is 7.62. The Bertz CT molecular complexity index is 380. The highest BCUT2D eigenvalue weighted by Gasteiger charge is 2.65. The first-order valence-corrected chi connectivity index (χ1v) is 7.14. The maximum atomic E-state index is 11.8. The summed E-state index contributed by atoms with van der Waals surface area (Å²) in [6.45, 7) is 14.3. The van der Waals surface area contributed by atoms with Crippen LogP contribution in [0.4, 0.5) is 4.79 Å². The summed E-state index contributed by atoms with van der Waals surface area (Å²) >= 11 is 0. The molecular weight excluding hydrogens is 256 g/mol. The topological polar surface area (TPSA) is 67.4 Å². The molecule has 20 heavy (non-hydrogen) atoms. The minimum Gasteiger partial charge on any atom is -0.444 e. The average Bonchev–Trinajstić information content (AvgIpc) is 2.58. The van der Waals surface area contributed by atoms with E-state index in [9.17, 15) is 9.59 Å². The van der Waals surface area contributed by atoms with Crippen molar-refractivity contribution in [2.75, 3.05) is 6.54 Å². The van der Waals surface area contributed by atoms with Crippen LogP contribution in [0.2, 0.25) is 0 Å². The van der Waals surface area contributed by atoms with Crippen molar-refractivity contribution in [3.8, 4) is 0 Å². The summed E-state index contributed by atoms with van der Waals surface area (Å²) in [7, 11) is 0. The predicted octanol–water partition coefficient (Wildman–Crippen LogP) is 2.45. The summed E-state index contributed by atoms with van der Waals surface area (Å²) in [5, 5.41) is 5.61. The monoisotopic (exact) mass is 284 g/mol. The molecule has 1 saturated carbocycles. The van der Waals surface area contributed by atoms with Crippen LogP contribution in [-0.4, -0.2) is 30.2 Å². The number of carbonyl (C=O) groups is 2. The third-order valence-electron chi connectivity index (χ3n) is 4.35. The standard InChI is InChI=1S/C15H28N2O3/c1-13(2,3)20-12(19)16-9-8-10(18)17-11-14(4,5)15(11,6)7/h11H,8-9H2,1-7H3,(H,16,19)(H,17,18). The normalized spacial score (nSPS) is 20.1. The third kappa shape index (κ3) is 3.87. The van der Waals surface area contributed by atoms with Gasteiger partial charge in [0.2, 0.25) is 5.91 Å². The first kappa shape index (κ1) is 16.8. The van der Waals surface area contributed by atoms with Crippen molar-refractivity contribution in [3.05, 3.63) is 0 Å². The van der Waals surface area contributed by atoms with Crippen molar-refractivity contribution in [1.82, 2.24) is 10.6 Å². The number of amides is 2. The molecule has 0 atom stereocenters. The van der Waals surface area contributed by atoms with Gasteiger partial charge >= 0.3 is 6.09 Å². The number of carbonyl (C=O) groups excluding carboxylic acids is 2. The second kappa shape index (κ2) is 5.26. The van der Waals surface area contributed by atoms with E-state index in [1.165, 1.54) is 0 Å². The van der Waals surface area contributed by atoms with E-state index in [1.807, 2.05) is 0 Å². The van der Waals surface area contributed by atoms with Gasteiger partial charge in [-0.15, -0.1) is 0 Å². The van der Waals surface area contributed by atoms with Crippen LogP contribution in [-0.2, 0) is 9.53 Å². The Morgan fingerprint density at radius 3 is 2.00 bits per heavy atom. The van der Waals surface area contributed by atoms with Crippen molar-refractivity contribution in [1.29, 1.82) is 0 Å². The Morgan fingerprint density at radius 2 is 1.60 bits per heavy atom. The van der Waals surface area contributed by atoms with Gasteiger partial charge in [-0.25, -0.2) is 4.79 Å². The van der Waals surface area contributed by atoms with Gasteiger partial charge in [-0.05, 0) is 31.6 Å². The fourth-order valence-electron chi connectivity index (χ4n) is 2.38. The van der Waals surface area contributed by atoms with Crippen molar-refractivity contribution in [2.24, 2.45) is 10.8 Å². The molecule has 0 aromatic carbocycles. The summed E-state index contributed by atoms with van der Waals surface area (Å²) in [4.78, 5) is 23.2. The molecule has 1 aliphatic carbocycles. The van der Waals surface area contributed by atoms with E-state index in [-0.39, 0.29) is 35.7 Å². The molecule has 1 aliphatic rings. The molecule has 0 bridgehead atoms. The zero-order chi connectivity index (χ0) is 15.8. The highest BCUT2D eigenvalue weighted by Crippen LogP contribution is 2.62. The van der Waals surface area contributed by atoms with Crippen molar-refractivity contribution in [2.45, 2.75) is 66.5 Å². The van der Waals surface area contributed by atoms with Crippen LogP contribution in [0.3, 0.4) is 0 Å². The number of rotatable bonds is 4. The fourth-order valence-corrected chi connectivity index (χ4v) is 2.38. The van der Waals surface area contributed by atoms with Crippen LogP contribution < -0.4 is 10.6 Å². The molecule has 1 fully saturated rings. The minimum atomic E-state index is -0.519. The molecule has 0 spiro atoms. The first-order chi connectivity index (χ1) is 8.88. The van der Waals surface area contributed by atoms with Crippen molar-refractivity contribution >= 4 is 12.0 Å². The van der Waals surface area contributed by atoms with Crippen LogP contribution in [0.5, 0.6) is 0 Å². The number of ether oxygens (including phenoxy) is 1. The number of hydrogen-bond donors (Lipinski definition) is 2. The Kier molecular flexibility index (Phi) is 4.42. The molecule has 5 nitrogen and oxygen atoms in total. The van der Waals surface area contributed by atoms with Gasteiger partial charge in [0.25, 0.3) is 0 Å². The predicted molar refractivity (Wildman–Crippen MR) is 78.3 cm³/mol. The average molecular weight is 284 g/mol. The van der Waals surface area contributed by atoms with Gasteiger partial charge in [0.1, 0.15) is 5.60 Å². The minimum absolute atomic E-state index is 0.0373. The lowest BCUT2D eigenvalue weighted by Crippen LogP contribution is -2.36. The van der Waals surface area contributed by atoms with Gasteiger partial charge in [-0.3, -0.25) is 4.79 Å². The molecule has 0 aromatic rings. The Morgan fingerprint density at radius 1 is 1.10 bits per heavy atom. The summed E-state index contributed by atoms with van der Waals surface area (Å²) in [6.07, 6.45) is -0.223. The third-order valence-corrected chi connectivity index (χ3v) is 4.35. The zero-order valence-electron chi connectivity index (χ0n) is 13.7. The Hall–Kier alpha value is -1.26. The lowest BCUT2D eigenvalue weighted by molar-refractivity contribution is -0.121. The molecule has 0 heterocycles. The molecule has 0 unspecified atom stereocenters. The van der Waals surface area contributed by atoms with E-state index in [2.05, 4.69) is 38.3 Å². The quantitative estimate of drug-likeness (QED) is 0.833. The molecule has 0 radical (unpaired) electrons. The Labute approximate surface area is 121 Å². The molecule has 116 valence electrons. The number of hydrogen-bond acceptors (Lipinski definition) is 3. The molecule has 0 saturated heterocycles. The zero-order valence-corrected chi connectivity index (χ0v) is 13.7. The molecular formula is C15H28N2O3. The maximum absolute atomic E-state index is 11.8. The van der Waals surface area contributed by atoms with E-state index < -0.39 is 11.7 Å². The first-order valence-electron chi connectivity index (χ1n) is 7.14. The fraction of sp³-hybridized carbons (Fsp3) is 0.867. The molecule has 2 amide bonds. The molecule has 2 N–H and O–H groups in total. The molecule has 5 heteroatoms. The Balaban J connectivity index is 2.24. The molecule has 0 aromatic heterocycles. The SMILES string of the molecule is CC(C)(C)OC(=O)NCCC(=O)NC1C(C)(C)C1(C)C. The summed E-state index contributed by atoms with van der Waals surface area (Å²) < 4.78 is 5.10. The smallest absolute Gasteiger partial charge is 0.407 e. The van der Waals surface area contributed by atoms with Gasteiger partial charge in [0.05, 0.1) is 0 Å². The lowest BCUT2D eigenvalue weighted by atomic mass is 10.0. The van der Waals surface area contributed by atoms with Gasteiger partial charge in [0.15, 0.2) is 0 Å². The van der Waals surface area contributed by atoms with Crippen LogP contribution in [0.15, 0.2) is 0 Å². The van der Waals surface area contributed by atoms with Crippen LogP contribution >= 0.6 is 0 Å². The second-order valence-electron chi connectivity index (χ2n) is 7.62. The number of alkyl carbamates (subject to hydrolysis) is 1. The van der Waals surface area contributed by atoms with Crippen molar-refractivity contribution in [3.63, 3.8) is 0 Å². The summed E-state index contributed by atoms with van der Waals surface area (Å²) in [5.41, 5.74) is -0.267. The van der Waals surface area contributed by atoms with Crippen molar-refractivity contribution < 1.29 is 14.3 Å². The number of nitrogens with one attached hydrogen (secondary N) is 2. The summed E-state index contributed by atoms with van der Waals surface area (Å²) in [5.74, 6) is -0.0373. The van der Waals surface area contributed by atoms with Gasteiger partial charge < -0.3 is 15.4 Å². The molecule has 1 rings (SSSR count). The van der Waals surface area contributed by atoms with Gasteiger partial charge in [0, 0.05) is 19.0 Å². The van der Waals surface area contributed by atoms with Crippen LogP contribution in [0, 0.1) is 10.8 Å². The van der Waals surface area contributed by atoms with Crippen LogP contribution in [0.1, 0.15) is 54.9 Å². The van der Waals surface area contributed by atoms with E-state index in [4.69, 9.17) is 4.74 Å². The van der Waals surface area contributed by atoms with Gasteiger partial charge in [-0.1, -0.05) is 27.7 Å². The van der Waals surface area contributed by atoms with E-state index in [1.54, 1.807) is 20.8 Å². The maximum Gasteiger partial charge on any atom is 0.407 e. The highest BCUT2D eigenvalue weighted by atomic mass is 16.6.